The van der Waals surface area contributed by atoms with Crippen molar-refractivity contribution in [3.05, 3.63) is 101 Å². The van der Waals surface area contributed by atoms with Gasteiger partial charge in [0.05, 0.1) is 17.2 Å². The maximum Gasteiger partial charge on any atom is 0.285 e. The van der Waals surface area contributed by atoms with Gasteiger partial charge >= 0.3 is 0 Å². The molecule has 0 aliphatic carbocycles. The number of hydrazone groups is 1. The Morgan fingerprint density at radius 2 is 1.58 bits per heavy atom. The molecule has 33 heavy (non-hydrogen) atoms. The van der Waals surface area contributed by atoms with Gasteiger partial charge in [0.15, 0.2) is 0 Å². The number of sulfonamides is 1. The van der Waals surface area contributed by atoms with Gasteiger partial charge in [-0.15, -0.1) is 4.40 Å². The molecule has 0 radical (unpaired) electrons. The SMILES string of the molecule is CC.Cc1ccc(S(=O)(=O)/N=C(/Cl)N2CC(c3ccccc3)C(c3ccc(Cl)cc3)=N2)cc1. The minimum atomic E-state index is -3.96. The number of halogens is 2. The summed E-state index contributed by atoms with van der Waals surface area (Å²) in [6, 6.07) is 23.7. The smallest absolute Gasteiger partial charge is 0.236 e. The molecule has 1 unspecified atom stereocenters. The van der Waals surface area contributed by atoms with Crippen LogP contribution in [-0.2, 0) is 10.0 Å². The number of aryl methyl sites for hydroxylation is 1. The maximum atomic E-state index is 12.7. The van der Waals surface area contributed by atoms with Crippen LogP contribution in [0, 0.1) is 6.92 Å². The third-order valence-electron chi connectivity index (χ3n) is 4.98. The first-order valence-electron chi connectivity index (χ1n) is 10.6. The summed E-state index contributed by atoms with van der Waals surface area (Å²) in [5, 5.41) is 6.46. The molecule has 1 heterocycles. The average Bonchev–Trinajstić information content (AvgIpc) is 3.27. The monoisotopic (exact) mass is 501 g/mol. The summed E-state index contributed by atoms with van der Waals surface area (Å²) in [6.07, 6.45) is 0. The molecular formula is C25H25Cl2N3O2S. The molecule has 0 saturated carbocycles. The zero-order chi connectivity index (χ0) is 24.0. The summed E-state index contributed by atoms with van der Waals surface area (Å²) >= 11 is 12.4. The molecular weight excluding hydrogens is 477 g/mol. The quantitative estimate of drug-likeness (QED) is 0.234. The lowest BCUT2D eigenvalue weighted by molar-refractivity contribution is 0.483. The number of rotatable bonds is 4. The number of nitrogens with zero attached hydrogens (tertiary/aromatic N) is 3. The maximum absolute atomic E-state index is 12.7. The van der Waals surface area contributed by atoms with E-state index in [1.807, 2.05) is 63.2 Å². The summed E-state index contributed by atoms with van der Waals surface area (Å²) in [7, 11) is -3.96. The third-order valence-corrected chi connectivity index (χ3v) is 6.90. The van der Waals surface area contributed by atoms with Crippen molar-refractivity contribution in [2.45, 2.75) is 31.6 Å². The third kappa shape index (κ3) is 6.02. The molecule has 0 amide bonds. The van der Waals surface area contributed by atoms with E-state index in [1.54, 1.807) is 24.3 Å². The highest BCUT2D eigenvalue weighted by Crippen LogP contribution is 2.30. The van der Waals surface area contributed by atoms with Gasteiger partial charge in [0.2, 0.25) is 5.29 Å². The Hall–Kier alpha value is -2.67. The first-order valence-corrected chi connectivity index (χ1v) is 12.8. The van der Waals surface area contributed by atoms with Gasteiger partial charge in [-0.3, -0.25) is 0 Å². The van der Waals surface area contributed by atoms with Gasteiger partial charge in [0.1, 0.15) is 0 Å². The largest absolute Gasteiger partial charge is 0.285 e. The molecule has 0 fully saturated rings. The van der Waals surface area contributed by atoms with Crippen molar-refractivity contribution < 1.29 is 8.42 Å². The molecule has 172 valence electrons. The first kappa shape index (κ1) is 25.0. The summed E-state index contributed by atoms with van der Waals surface area (Å²) in [5.41, 5.74) is 3.65. The first-order chi connectivity index (χ1) is 15.8. The molecule has 0 N–H and O–H groups in total. The molecule has 0 spiro atoms. The lowest BCUT2D eigenvalue weighted by Gasteiger charge is -2.15. The number of hydrogen-bond donors (Lipinski definition) is 0. The Balaban J connectivity index is 0.00000149. The molecule has 4 rings (SSSR count). The molecule has 1 aliphatic rings. The number of hydrogen-bond acceptors (Lipinski definition) is 3. The van der Waals surface area contributed by atoms with E-state index in [9.17, 15) is 8.42 Å². The second-order valence-electron chi connectivity index (χ2n) is 7.19. The van der Waals surface area contributed by atoms with Crippen molar-refractivity contribution in [2.75, 3.05) is 6.54 Å². The van der Waals surface area contributed by atoms with Crippen molar-refractivity contribution >= 4 is 44.2 Å². The summed E-state index contributed by atoms with van der Waals surface area (Å²) in [6.45, 7) is 6.25. The van der Waals surface area contributed by atoms with E-state index in [1.165, 1.54) is 17.1 Å². The van der Waals surface area contributed by atoms with Gasteiger partial charge < -0.3 is 0 Å². The van der Waals surface area contributed by atoms with Crippen LogP contribution < -0.4 is 0 Å². The molecule has 5 nitrogen and oxygen atoms in total. The van der Waals surface area contributed by atoms with Crippen LogP contribution in [0.3, 0.4) is 0 Å². The highest BCUT2D eigenvalue weighted by molar-refractivity contribution is 7.90. The molecule has 3 aromatic carbocycles. The fourth-order valence-electron chi connectivity index (χ4n) is 3.35. The predicted molar refractivity (Wildman–Crippen MR) is 137 cm³/mol. The van der Waals surface area contributed by atoms with E-state index in [2.05, 4.69) is 9.50 Å². The lowest BCUT2D eigenvalue weighted by Crippen LogP contribution is -2.23. The number of amidine groups is 1. The van der Waals surface area contributed by atoms with Gasteiger partial charge in [0, 0.05) is 10.9 Å². The van der Waals surface area contributed by atoms with Gasteiger partial charge in [-0.25, -0.2) is 5.01 Å². The van der Waals surface area contributed by atoms with E-state index < -0.39 is 10.0 Å². The highest BCUT2D eigenvalue weighted by Gasteiger charge is 2.31. The molecule has 8 heteroatoms. The van der Waals surface area contributed by atoms with Crippen molar-refractivity contribution in [3.63, 3.8) is 0 Å². The van der Waals surface area contributed by atoms with Crippen LogP contribution >= 0.6 is 23.2 Å². The Kier molecular flexibility index (Phi) is 8.30. The van der Waals surface area contributed by atoms with Crippen LogP contribution in [-0.4, -0.2) is 31.0 Å². The number of benzene rings is 3. The fraction of sp³-hybridized carbons (Fsp3) is 0.200. The van der Waals surface area contributed by atoms with Crippen LogP contribution in [0.5, 0.6) is 0 Å². The van der Waals surface area contributed by atoms with E-state index in [-0.39, 0.29) is 16.1 Å². The van der Waals surface area contributed by atoms with E-state index in [4.69, 9.17) is 23.2 Å². The van der Waals surface area contributed by atoms with Crippen molar-refractivity contribution in [3.8, 4) is 0 Å². The Morgan fingerprint density at radius 1 is 0.970 bits per heavy atom. The van der Waals surface area contributed by atoms with E-state index >= 15 is 0 Å². The fourth-order valence-corrected chi connectivity index (χ4v) is 4.74. The van der Waals surface area contributed by atoms with Crippen molar-refractivity contribution in [1.29, 1.82) is 0 Å². The molecule has 0 saturated heterocycles. The topological polar surface area (TPSA) is 62.1 Å². The molecule has 0 aromatic heterocycles. The summed E-state index contributed by atoms with van der Waals surface area (Å²) in [5.74, 6) is -0.103. The lowest BCUT2D eigenvalue weighted by atomic mass is 9.91. The Morgan fingerprint density at radius 3 is 2.18 bits per heavy atom. The van der Waals surface area contributed by atoms with Crippen molar-refractivity contribution in [1.82, 2.24) is 5.01 Å². The van der Waals surface area contributed by atoms with Crippen LogP contribution in [0.1, 0.15) is 36.5 Å². The summed E-state index contributed by atoms with van der Waals surface area (Å²) in [4.78, 5) is 0.0805. The molecule has 0 bridgehead atoms. The second kappa shape index (κ2) is 11.0. The van der Waals surface area contributed by atoms with Crippen LogP contribution in [0.4, 0.5) is 0 Å². The predicted octanol–water partition coefficient (Wildman–Crippen LogP) is 6.46. The zero-order valence-corrected chi connectivity index (χ0v) is 20.9. The summed E-state index contributed by atoms with van der Waals surface area (Å²) < 4.78 is 29.2. The second-order valence-corrected chi connectivity index (χ2v) is 9.56. The van der Waals surface area contributed by atoms with Crippen molar-refractivity contribution in [2.24, 2.45) is 9.50 Å². The van der Waals surface area contributed by atoms with Gasteiger partial charge in [0.25, 0.3) is 10.0 Å². The Labute approximate surface area is 205 Å². The minimum Gasteiger partial charge on any atom is -0.236 e. The van der Waals surface area contributed by atoms with E-state index in [0.29, 0.717) is 11.6 Å². The average molecular weight is 502 g/mol. The molecule has 1 atom stereocenters. The standard InChI is InChI=1S/C23H19Cl2N3O2S.C2H6/c1-16-7-13-20(14-8-16)31(29,30)27-23(25)28-15-21(17-5-3-2-4-6-17)22(26-28)18-9-11-19(24)12-10-18;1-2/h2-14,21H,15H2,1H3;1-2H3/b27-23-;. The van der Waals surface area contributed by atoms with Gasteiger partial charge in [-0.05, 0) is 53.9 Å². The minimum absolute atomic E-state index is 0.0805. The Bertz CT molecular complexity index is 1240. The van der Waals surface area contributed by atoms with Gasteiger partial charge in [-0.2, -0.15) is 13.5 Å². The van der Waals surface area contributed by atoms with Crippen LogP contribution in [0.15, 0.2) is 93.3 Å². The van der Waals surface area contributed by atoms with Crippen LogP contribution in [0.25, 0.3) is 0 Å². The highest BCUT2D eigenvalue weighted by atomic mass is 35.5. The molecule has 3 aromatic rings. The molecule has 1 aliphatic heterocycles. The normalized spacial score (nSPS) is 16.2. The van der Waals surface area contributed by atoms with Crippen LogP contribution in [0.2, 0.25) is 5.02 Å². The van der Waals surface area contributed by atoms with Gasteiger partial charge in [-0.1, -0.05) is 85.6 Å². The van der Waals surface area contributed by atoms with E-state index in [0.717, 1.165) is 22.4 Å². The zero-order valence-electron chi connectivity index (χ0n) is 18.6.